The summed E-state index contributed by atoms with van der Waals surface area (Å²) >= 11 is 0. The lowest BCUT2D eigenvalue weighted by Crippen LogP contribution is -2.26. The van der Waals surface area contributed by atoms with Gasteiger partial charge in [-0.05, 0) is 165 Å². The minimum absolute atomic E-state index is 0.353. The third kappa shape index (κ3) is 5.26. The van der Waals surface area contributed by atoms with Crippen molar-refractivity contribution in [2.75, 3.05) is 9.80 Å². The molecule has 0 saturated heterocycles. The zero-order valence-electron chi connectivity index (χ0n) is 31.4. The van der Waals surface area contributed by atoms with E-state index in [1.54, 1.807) is 48.5 Å². The number of hydrogen-bond acceptors (Lipinski definition) is 2. The second kappa shape index (κ2) is 13.3. The third-order valence-corrected chi connectivity index (χ3v) is 11.9. The molecule has 2 aliphatic carbocycles. The van der Waals surface area contributed by atoms with Crippen LogP contribution in [-0.2, 0) is 5.41 Å². The number of anilines is 6. The van der Waals surface area contributed by atoms with E-state index in [0.717, 1.165) is 89.4 Å². The third-order valence-electron chi connectivity index (χ3n) is 11.9. The Morgan fingerprint density at radius 1 is 0.305 bits per heavy atom. The Balaban J connectivity index is 1.25. The van der Waals surface area contributed by atoms with Crippen LogP contribution in [0.2, 0.25) is 0 Å². The highest BCUT2D eigenvalue weighted by molar-refractivity contribution is 6.12. The first-order valence-electron chi connectivity index (χ1n) is 19.4. The summed E-state index contributed by atoms with van der Waals surface area (Å²) < 4.78 is 57.8. The fraction of sp³-hybridized carbons (Fsp3) is 0.0189. The molecule has 2 aliphatic rings. The van der Waals surface area contributed by atoms with Crippen molar-refractivity contribution in [1.29, 1.82) is 0 Å². The van der Waals surface area contributed by atoms with Crippen LogP contribution < -0.4 is 9.80 Å². The first-order valence-corrected chi connectivity index (χ1v) is 19.4. The molecule has 0 fully saturated rings. The van der Waals surface area contributed by atoms with Crippen LogP contribution in [0.25, 0.3) is 33.0 Å². The maximum Gasteiger partial charge on any atom is 0.123 e. The largest absolute Gasteiger partial charge is 0.310 e. The van der Waals surface area contributed by atoms with Crippen LogP contribution in [0.5, 0.6) is 0 Å². The highest BCUT2D eigenvalue weighted by Crippen LogP contribution is 2.65. The van der Waals surface area contributed by atoms with Crippen molar-refractivity contribution in [3.63, 3.8) is 0 Å². The van der Waals surface area contributed by atoms with Crippen molar-refractivity contribution >= 4 is 44.9 Å². The highest BCUT2D eigenvalue weighted by atomic mass is 19.1. The van der Waals surface area contributed by atoms with Crippen molar-refractivity contribution in [1.82, 2.24) is 0 Å². The predicted molar refractivity (Wildman–Crippen MR) is 229 cm³/mol. The fourth-order valence-corrected chi connectivity index (χ4v) is 9.52. The van der Waals surface area contributed by atoms with Gasteiger partial charge in [-0.1, -0.05) is 78.9 Å². The first-order chi connectivity index (χ1) is 28.9. The van der Waals surface area contributed by atoms with Gasteiger partial charge in [0.2, 0.25) is 0 Å². The molecule has 11 rings (SSSR count). The smallest absolute Gasteiger partial charge is 0.123 e. The van der Waals surface area contributed by atoms with Crippen molar-refractivity contribution in [3.05, 3.63) is 240 Å². The van der Waals surface area contributed by atoms with Gasteiger partial charge >= 0.3 is 0 Å². The van der Waals surface area contributed by atoms with Crippen LogP contribution in [0.1, 0.15) is 22.3 Å². The highest BCUT2D eigenvalue weighted by Gasteiger charge is 2.52. The number of hydrogen-bond donors (Lipinski definition) is 0. The molecule has 282 valence electrons. The summed E-state index contributed by atoms with van der Waals surface area (Å²) in [7, 11) is 0. The van der Waals surface area contributed by atoms with Gasteiger partial charge < -0.3 is 9.80 Å². The average Bonchev–Trinajstić information content (AvgIpc) is 3.73. The molecule has 9 aromatic rings. The molecule has 1 spiro atoms. The van der Waals surface area contributed by atoms with E-state index in [4.69, 9.17) is 0 Å². The molecule has 0 N–H and O–H groups in total. The minimum atomic E-state index is -0.804. The molecule has 59 heavy (non-hydrogen) atoms. The van der Waals surface area contributed by atoms with E-state index in [0.29, 0.717) is 0 Å². The Hall–Kier alpha value is -7.44. The lowest BCUT2D eigenvalue weighted by Gasteiger charge is -2.33. The van der Waals surface area contributed by atoms with Crippen LogP contribution >= 0.6 is 0 Å². The molecule has 0 saturated carbocycles. The van der Waals surface area contributed by atoms with Gasteiger partial charge in [0.1, 0.15) is 23.3 Å². The SMILES string of the molecule is Fc1ccc(N(c2ccc(F)cc2)c2ccc3c(c2)C2(c4ccccc4-c4ccccc42)c2cc(N(c4ccc(F)cc4)c4ccc(F)cc4)c4ccccc4c2-3)cc1. The summed E-state index contributed by atoms with van der Waals surface area (Å²) in [5.74, 6) is -1.42. The van der Waals surface area contributed by atoms with Crippen molar-refractivity contribution in [2.24, 2.45) is 0 Å². The standard InChI is InChI=1S/C53H32F4N2/c54-33-13-21-37(22-14-33)58(38-23-15-34(55)16-24-38)41-29-30-46-49(31-41)53(47-11-5-3-7-42(47)43-8-4-6-12-48(43)53)50-32-51(44-9-1-2-10-45(44)52(46)50)59(39-25-17-35(56)18-26-39)40-27-19-36(57)20-28-40/h1-32H. The summed E-state index contributed by atoms with van der Waals surface area (Å²) in [6.45, 7) is 0. The minimum Gasteiger partial charge on any atom is -0.310 e. The van der Waals surface area contributed by atoms with E-state index in [2.05, 4.69) is 89.8 Å². The zero-order valence-corrected chi connectivity index (χ0v) is 31.4. The van der Waals surface area contributed by atoms with Crippen molar-refractivity contribution in [3.8, 4) is 22.3 Å². The maximum atomic E-state index is 14.5. The molecule has 0 amide bonds. The summed E-state index contributed by atoms with van der Waals surface area (Å²) in [5.41, 5.74) is 12.5. The Morgan fingerprint density at radius 2 is 0.712 bits per heavy atom. The Labute approximate surface area is 338 Å². The van der Waals surface area contributed by atoms with E-state index >= 15 is 0 Å². The summed E-state index contributed by atoms with van der Waals surface area (Å²) in [4.78, 5) is 4.10. The topological polar surface area (TPSA) is 6.48 Å². The van der Waals surface area contributed by atoms with Gasteiger partial charge in [-0.2, -0.15) is 0 Å². The molecule has 0 atom stereocenters. The average molecular weight is 773 g/mol. The maximum absolute atomic E-state index is 14.5. The fourth-order valence-electron chi connectivity index (χ4n) is 9.52. The molecule has 0 aromatic heterocycles. The lowest BCUT2D eigenvalue weighted by atomic mass is 9.70. The monoisotopic (exact) mass is 772 g/mol. The van der Waals surface area contributed by atoms with Crippen LogP contribution in [0.15, 0.2) is 194 Å². The summed E-state index contributed by atoms with van der Waals surface area (Å²) in [6.07, 6.45) is 0. The van der Waals surface area contributed by atoms with Crippen molar-refractivity contribution in [2.45, 2.75) is 5.41 Å². The van der Waals surface area contributed by atoms with Gasteiger partial charge in [-0.25, -0.2) is 17.6 Å². The Morgan fingerprint density at radius 3 is 1.20 bits per heavy atom. The van der Waals surface area contributed by atoms with E-state index in [1.807, 2.05) is 17.0 Å². The number of rotatable bonds is 6. The lowest BCUT2D eigenvalue weighted by molar-refractivity contribution is 0.627. The van der Waals surface area contributed by atoms with Gasteiger partial charge in [-0.3, -0.25) is 0 Å². The second-order valence-corrected chi connectivity index (χ2v) is 15.0. The molecule has 0 bridgehead atoms. The van der Waals surface area contributed by atoms with Gasteiger partial charge in [0.15, 0.2) is 0 Å². The van der Waals surface area contributed by atoms with Gasteiger partial charge in [-0.15, -0.1) is 0 Å². The molecule has 0 heterocycles. The molecule has 0 aliphatic heterocycles. The van der Waals surface area contributed by atoms with Crippen LogP contribution in [0, 0.1) is 23.3 Å². The predicted octanol–water partition coefficient (Wildman–Crippen LogP) is 14.7. The van der Waals surface area contributed by atoms with E-state index < -0.39 is 5.41 Å². The van der Waals surface area contributed by atoms with Gasteiger partial charge in [0.25, 0.3) is 0 Å². The van der Waals surface area contributed by atoms with Crippen LogP contribution in [-0.4, -0.2) is 0 Å². The van der Waals surface area contributed by atoms with Crippen LogP contribution in [0.3, 0.4) is 0 Å². The van der Waals surface area contributed by atoms with Gasteiger partial charge in [0.05, 0.1) is 11.1 Å². The zero-order chi connectivity index (χ0) is 39.8. The van der Waals surface area contributed by atoms with Crippen molar-refractivity contribution < 1.29 is 17.6 Å². The molecule has 6 heteroatoms. The van der Waals surface area contributed by atoms with E-state index in [9.17, 15) is 17.6 Å². The molecular formula is C53H32F4N2. The summed E-state index contributed by atoms with van der Waals surface area (Å²) in [6, 6.07) is 59.6. The number of nitrogens with zero attached hydrogens (tertiary/aromatic N) is 2. The van der Waals surface area contributed by atoms with Gasteiger partial charge in [0, 0.05) is 33.8 Å². The van der Waals surface area contributed by atoms with Crippen LogP contribution in [0.4, 0.5) is 51.7 Å². The molecule has 9 aromatic carbocycles. The molecule has 0 radical (unpaired) electrons. The normalized spacial score (nSPS) is 12.9. The molecule has 0 unspecified atom stereocenters. The number of halogens is 4. The summed E-state index contributed by atoms with van der Waals surface area (Å²) in [5, 5.41) is 1.99. The Kier molecular flexibility index (Phi) is 7.85. The van der Waals surface area contributed by atoms with E-state index in [1.165, 1.54) is 48.5 Å². The Bertz CT molecular complexity index is 2950. The quantitative estimate of drug-likeness (QED) is 0.155. The second-order valence-electron chi connectivity index (χ2n) is 15.0. The molecular weight excluding hydrogens is 741 g/mol. The number of fused-ring (bicyclic) bond motifs is 12. The van der Waals surface area contributed by atoms with E-state index in [-0.39, 0.29) is 23.3 Å². The number of benzene rings is 9. The molecule has 2 nitrogen and oxygen atoms in total. The first kappa shape index (κ1) is 34.8.